The minimum atomic E-state index is 0.322. The van der Waals surface area contributed by atoms with Crippen LogP contribution in [-0.2, 0) is 4.79 Å². The van der Waals surface area contributed by atoms with Gasteiger partial charge in [0.2, 0.25) is 5.91 Å². The molecule has 1 aromatic carbocycles. The van der Waals surface area contributed by atoms with Crippen LogP contribution in [0.5, 0.6) is 0 Å². The van der Waals surface area contributed by atoms with Crippen molar-refractivity contribution in [1.82, 2.24) is 0 Å². The van der Waals surface area contributed by atoms with Crippen LogP contribution < -0.4 is 4.90 Å². The number of benzene rings is 1. The number of amides is 1. The van der Waals surface area contributed by atoms with E-state index < -0.39 is 0 Å². The van der Waals surface area contributed by atoms with Crippen molar-refractivity contribution in [2.45, 2.75) is 38.1 Å². The first kappa shape index (κ1) is 9.88. The second-order valence-corrected chi connectivity index (χ2v) is 4.92. The summed E-state index contributed by atoms with van der Waals surface area (Å²) in [5.74, 6) is 0.935. The Hall–Kier alpha value is -1.31. The van der Waals surface area contributed by atoms with E-state index in [-0.39, 0.29) is 0 Å². The molecule has 0 aromatic heterocycles. The lowest BCUT2D eigenvalue weighted by Crippen LogP contribution is -2.36. The zero-order chi connectivity index (χ0) is 11.0. The van der Waals surface area contributed by atoms with Gasteiger partial charge in [0.15, 0.2) is 0 Å². The van der Waals surface area contributed by atoms with Crippen LogP contribution in [0.2, 0.25) is 0 Å². The normalized spacial score (nSPS) is 29.2. The Morgan fingerprint density at radius 3 is 2.62 bits per heavy atom. The highest BCUT2D eigenvalue weighted by molar-refractivity contribution is 5.96. The van der Waals surface area contributed by atoms with E-state index in [9.17, 15) is 4.79 Å². The number of fused-ring (bicyclic) bond motifs is 1. The van der Waals surface area contributed by atoms with Crippen LogP contribution in [0.4, 0.5) is 5.69 Å². The molecule has 16 heavy (non-hydrogen) atoms. The molecule has 1 aromatic rings. The molecule has 1 heterocycles. The third-order valence-electron chi connectivity index (χ3n) is 3.94. The van der Waals surface area contributed by atoms with Gasteiger partial charge in [0.25, 0.3) is 0 Å². The summed E-state index contributed by atoms with van der Waals surface area (Å²) in [5.41, 5.74) is 1.09. The average molecular weight is 215 g/mol. The average Bonchev–Trinajstić information content (AvgIpc) is 2.66. The van der Waals surface area contributed by atoms with Gasteiger partial charge in [0.1, 0.15) is 0 Å². The highest BCUT2D eigenvalue weighted by atomic mass is 16.2. The fraction of sp³-hybridized carbons (Fsp3) is 0.500. The van der Waals surface area contributed by atoms with E-state index in [2.05, 4.69) is 12.1 Å². The second-order valence-electron chi connectivity index (χ2n) is 4.92. The van der Waals surface area contributed by atoms with Gasteiger partial charge in [-0.25, -0.2) is 0 Å². The molecule has 0 radical (unpaired) electrons. The molecule has 0 N–H and O–H groups in total. The van der Waals surface area contributed by atoms with Crippen molar-refractivity contribution < 1.29 is 4.79 Å². The summed E-state index contributed by atoms with van der Waals surface area (Å²) in [7, 11) is 0. The fourth-order valence-electron chi connectivity index (χ4n) is 3.20. The van der Waals surface area contributed by atoms with E-state index in [1.54, 1.807) is 0 Å². The Morgan fingerprint density at radius 1 is 1.06 bits per heavy atom. The SMILES string of the molecule is O=C1C[C@H]2CCCC[C@H]2N1c1ccccc1. The Morgan fingerprint density at radius 2 is 1.81 bits per heavy atom. The van der Waals surface area contributed by atoms with E-state index >= 15 is 0 Å². The number of rotatable bonds is 1. The molecule has 1 amide bonds. The van der Waals surface area contributed by atoms with Gasteiger partial charge in [0.05, 0.1) is 0 Å². The molecule has 0 unspecified atom stereocenters. The first-order chi connectivity index (χ1) is 7.86. The quantitative estimate of drug-likeness (QED) is 0.705. The van der Waals surface area contributed by atoms with Crippen LogP contribution in [0.1, 0.15) is 32.1 Å². The summed E-state index contributed by atoms with van der Waals surface area (Å²) in [6.07, 6.45) is 5.76. The maximum atomic E-state index is 12.1. The zero-order valence-corrected chi connectivity index (χ0v) is 9.43. The van der Waals surface area contributed by atoms with Crippen molar-refractivity contribution in [2.24, 2.45) is 5.92 Å². The van der Waals surface area contributed by atoms with Crippen LogP contribution >= 0.6 is 0 Å². The molecule has 2 atom stereocenters. The number of nitrogens with zero attached hydrogens (tertiary/aromatic N) is 1. The lowest BCUT2D eigenvalue weighted by molar-refractivity contribution is -0.117. The van der Waals surface area contributed by atoms with Crippen LogP contribution in [0.3, 0.4) is 0 Å². The maximum absolute atomic E-state index is 12.1. The van der Waals surface area contributed by atoms with Crippen LogP contribution in [-0.4, -0.2) is 11.9 Å². The van der Waals surface area contributed by atoms with Gasteiger partial charge in [0, 0.05) is 18.2 Å². The van der Waals surface area contributed by atoms with Crippen molar-refractivity contribution in [3.05, 3.63) is 30.3 Å². The Balaban J connectivity index is 1.91. The zero-order valence-electron chi connectivity index (χ0n) is 9.43. The molecule has 2 nitrogen and oxygen atoms in total. The van der Waals surface area contributed by atoms with Gasteiger partial charge in [-0.3, -0.25) is 4.79 Å². The van der Waals surface area contributed by atoms with Crippen molar-refractivity contribution in [2.75, 3.05) is 4.90 Å². The largest absolute Gasteiger partial charge is 0.309 e. The molecular formula is C14H17NO. The molecular weight excluding hydrogens is 198 g/mol. The third kappa shape index (κ3) is 1.53. The van der Waals surface area contributed by atoms with Gasteiger partial charge in [-0.15, -0.1) is 0 Å². The number of carbonyl (C=O) groups excluding carboxylic acids is 1. The molecule has 1 saturated heterocycles. The van der Waals surface area contributed by atoms with Crippen molar-refractivity contribution in [3.63, 3.8) is 0 Å². The summed E-state index contributed by atoms with van der Waals surface area (Å²) in [5, 5.41) is 0. The lowest BCUT2D eigenvalue weighted by atomic mass is 9.85. The number of hydrogen-bond acceptors (Lipinski definition) is 1. The highest BCUT2D eigenvalue weighted by Crippen LogP contribution is 2.39. The molecule has 2 fully saturated rings. The van der Waals surface area contributed by atoms with E-state index in [1.807, 2.05) is 23.1 Å². The maximum Gasteiger partial charge on any atom is 0.227 e. The van der Waals surface area contributed by atoms with Crippen molar-refractivity contribution in [1.29, 1.82) is 0 Å². The summed E-state index contributed by atoms with van der Waals surface area (Å²) < 4.78 is 0. The van der Waals surface area contributed by atoms with E-state index in [4.69, 9.17) is 0 Å². The predicted octanol–water partition coefficient (Wildman–Crippen LogP) is 2.98. The van der Waals surface area contributed by atoms with Gasteiger partial charge in [-0.2, -0.15) is 0 Å². The summed E-state index contributed by atoms with van der Waals surface area (Å²) >= 11 is 0. The first-order valence-electron chi connectivity index (χ1n) is 6.23. The monoisotopic (exact) mass is 215 g/mol. The topological polar surface area (TPSA) is 20.3 Å². The van der Waals surface area contributed by atoms with Gasteiger partial charge in [-0.1, -0.05) is 31.0 Å². The number of carbonyl (C=O) groups is 1. The second kappa shape index (κ2) is 3.93. The van der Waals surface area contributed by atoms with E-state index in [1.165, 1.54) is 25.7 Å². The molecule has 1 aliphatic heterocycles. The highest BCUT2D eigenvalue weighted by Gasteiger charge is 2.41. The Bertz CT molecular complexity index is 387. The van der Waals surface area contributed by atoms with Crippen molar-refractivity contribution in [3.8, 4) is 0 Å². The van der Waals surface area contributed by atoms with Gasteiger partial charge < -0.3 is 4.90 Å². The molecule has 0 spiro atoms. The molecule has 2 aliphatic rings. The lowest BCUT2D eigenvalue weighted by Gasteiger charge is -2.31. The molecule has 3 rings (SSSR count). The molecule has 0 bridgehead atoms. The third-order valence-corrected chi connectivity index (χ3v) is 3.94. The summed E-state index contributed by atoms with van der Waals surface area (Å²) in [6, 6.07) is 10.6. The van der Waals surface area contributed by atoms with Crippen LogP contribution in [0, 0.1) is 5.92 Å². The van der Waals surface area contributed by atoms with Gasteiger partial charge >= 0.3 is 0 Å². The molecule has 1 aliphatic carbocycles. The summed E-state index contributed by atoms with van der Waals surface area (Å²) in [6.45, 7) is 0. The molecule has 2 heteroatoms. The minimum absolute atomic E-state index is 0.322. The first-order valence-corrected chi connectivity index (χ1v) is 6.23. The van der Waals surface area contributed by atoms with Crippen LogP contribution in [0.15, 0.2) is 30.3 Å². The minimum Gasteiger partial charge on any atom is -0.309 e. The Kier molecular flexibility index (Phi) is 2.43. The molecule has 84 valence electrons. The van der Waals surface area contributed by atoms with E-state index in [0.717, 1.165) is 12.1 Å². The number of hydrogen-bond donors (Lipinski definition) is 0. The Labute approximate surface area is 96.3 Å². The van der Waals surface area contributed by atoms with Crippen LogP contribution in [0.25, 0.3) is 0 Å². The van der Waals surface area contributed by atoms with Gasteiger partial charge in [-0.05, 0) is 30.9 Å². The van der Waals surface area contributed by atoms with E-state index in [0.29, 0.717) is 17.9 Å². The predicted molar refractivity (Wildman–Crippen MR) is 64.3 cm³/mol. The van der Waals surface area contributed by atoms with Crippen molar-refractivity contribution >= 4 is 11.6 Å². The fourth-order valence-corrected chi connectivity index (χ4v) is 3.20. The number of para-hydroxylation sites is 1. The number of anilines is 1. The smallest absolute Gasteiger partial charge is 0.227 e. The summed E-state index contributed by atoms with van der Waals surface area (Å²) in [4.78, 5) is 14.1. The standard InChI is InChI=1S/C14H17NO/c16-14-10-11-6-4-5-9-13(11)15(14)12-7-2-1-3-8-12/h1-3,7-8,11,13H,4-6,9-10H2/t11-,13-/m1/s1. The molecule has 1 saturated carbocycles.